The molecule has 1 saturated heterocycles. The number of fused-ring (bicyclic) bond motifs is 1. The van der Waals surface area contributed by atoms with Gasteiger partial charge in [0.2, 0.25) is 0 Å². The first-order valence-corrected chi connectivity index (χ1v) is 10.9. The summed E-state index contributed by atoms with van der Waals surface area (Å²) in [4.78, 5) is 9.21. The summed E-state index contributed by atoms with van der Waals surface area (Å²) in [5, 5.41) is 2.41. The molecule has 4 rings (SSSR count). The van der Waals surface area contributed by atoms with Crippen LogP contribution >= 0.6 is 60.4 Å². The Labute approximate surface area is 218 Å². The number of pyridine rings is 1. The van der Waals surface area contributed by atoms with Gasteiger partial charge in [-0.1, -0.05) is 35.3 Å². The quantitative estimate of drug-likeness (QED) is 0.309. The fraction of sp³-hybridized carbons (Fsp3) is 0.348. The SMILES string of the molecule is Cl.Cl.Cl.Clc1cccc(N2CCN(CCCCOc3ccc4cccnc4c3)CC2)c1Cl. The molecular formula is C23H28Cl5N3O. The molecule has 0 atom stereocenters. The highest BCUT2D eigenvalue weighted by atomic mass is 35.5. The predicted molar refractivity (Wildman–Crippen MR) is 143 cm³/mol. The number of benzene rings is 2. The summed E-state index contributed by atoms with van der Waals surface area (Å²) in [6.07, 6.45) is 3.98. The minimum Gasteiger partial charge on any atom is -0.494 e. The molecule has 9 heteroatoms. The van der Waals surface area contributed by atoms with Crippen LogP contribution in [0.15, 0.2) is 54.7 Å². The van der Waals surface area contributed by atoms with E-state index in [1.165, 1.54) is 0 Å². The van der Waals surface area contributed by atoms with Crippen molar-refractivity contribution in [1.29, 1.82) is 0 Å². The number of ether oxygens (including phenoxy) is 1. The Kier molecular flexibility index (Phi) is 12.8. The number of aromatic nitrogens is 1. The van der Waals surface area contributed by atoms with E-state index in [9.17, 15) is 0 Å². The van der Waals surface area contributed by atoms with Crippen molar-refractivity contribution >= 4 is 77.0 Å². The van der Waals surface area contributed by atoms with Crippen molar-refractivity contribution in [2.75, 3.05) is 44.2 Å². The van der Waals surface area contributed by atoms with Crippen molar-refractivity contribution in [3.8, 4) is 5.75 Å². The van der Waals surface area contributed by atoms with Gasteiger partial charge in [0.05, 0.1) is 27.9 Å². The highest BCUT2D eigenvalue weighted by Gasteiger charge is 2.19. The van der Waals surface area contributed by atoms with Gasteiger partial charge in [0.25, 0.3) is 0 Å². The zero-order chi connectivity index (χ0) is 20.1. The Morgan fingerprint density at radius 1 is 0.875 bits per heavy atom. The van der Waals surface area contributed by atoms with Crippen molar-refractivity contribution in [2.24, 2.45) is 0 Å². The number of hydrogen-bond donors (Lipinski definition) is 0. The normalized spacial score (nSPS) is 13.6. The van der Waals surface area contributed by atoms with E-state index in [1.807, 2.05) is 42.6 Å². The topological polar surface area (TPSA) is 28.6 Å². The molecule has 2 heterocycles. The maximum atomic E-state index is 6.36. The molecule has 0 aliphatic carbocycles. The van der Waals surface area contributed by atoms with E-state index in [2.05, 4.69) is 26.9 Å². The lowest BCUT2D eigenvalue weighted by Gasteiger charge is -2.36. The second-order valence-electron chi connectivity index (χ2n) is 7.32. The number of anilines is 1. The summed E-state index contributed by atoms with van der Waals surface area (Å²) in [6, 6.07) is 15.9. The summed E-state index contributed by atoms with van der Waals surface area (Å²) < 4.78 is 5.91. The number of unbranched alkanes of at least 4 members (excludes halogenated alkanes) is 1. The molecule has 1 fully saturated rings. The van der Waals surface area contributed by atoms with E-state index in [0.717, 1.165) is 74.5 Å². The van der Waals surface area contributed by atoms with Crippen molar-refractivity contribution in [3.05, 3.63) is 64.8 Å². The fourth-order valence-electron chi connectivity index (χ4n) is 3.71. The second kappa shape index (κ2) is 14.2. The van der Waals surface area contributed by atoms with Crippen molar-refractivity contribution < 1.29 is 4.74 Å². The Morgan fingerprint density at radius 3 is 2.44 bits per heavy atom. The number of halogens is 5. The maximum absolute atomic E-state index is 6.36. The molecule has 32 heavy (non-hydrogen) atoms. The number of rotatable bonds is 7. The third-order valence-electron chi connectivity index (χ3n) is 5.36. The van der Waals surface area contributed by atoms with Gasteiger partial charge in [-0.05, 0) is 49.7 Å². The van der Waals surface area contributed by atoms with Gasteiger partial charge >= 0.3 is 0 Å². The molecule has 0 bridgehead atoms. The van der Waals surface area contributed by atoms with Crippen LogP contribution in [-0.2, 0) is 0 Å². The van der Waals surface area contributed by atoms with Gasteiger partial charge in [-0.3, -0.25) is 9.88 Å². The van der Waals surface area contributed by atoms with Crippen molar-refractivity contribution in [1.82, 2.24) is 9.88 Å². The molecule has 1 aromatic heterocycles. The summed E-state index contributed by atoms with van der Waals surface area (Å²) in [5.74, 6) is 0.892. The first kappa shape index (κ1) is 28.9. The van der Waals surface area contributed by atoms with E-state index in [4.69, 9.17) is 27.9 Å². The number of nitrogens with zero attached hydrogens (tertiary/aromatic N) is 3. The van der Waals surface area contributed by atoms with Crippen LogP contribution in [0.1, 0.15) is 12.8 Å². The Balaban J connectivity index is 0.00000171. The van der Waals surface area contributed by atoms with Crippen LogP contribution < -0.4 is 9.64 Å². The molecule has 0 amide bonds. The van der Waals surface area contributed by atoms with Crippen LogP contribution in [0.25, 0.3) is 10.9 Å². The Bertz CT molecular complexity index is 967. The smallest absolute Gasteiger partial charge is 0.121 e. The average molecular weight is 540 g/mol. The summed E-state index contributed by atoms with van der Waals surface area (Å²) >= 11 is 12.5. The monoisotopic (exact) mass is 537 g/mol. The molecule has 0 N–H and O–H groups in total. The molecule has 0 saturated carbocycles. The standard InChI is InChI=1S/C23H25Cl2N3O.3ClH/c24-20-6-3-7-22(23(20)25)28-14-12-27(13-15-28)11-1-2-16-29-19-9-8-18-5-4-10-26-21(18)17-19;;;/h3-10,17H,1-2,11-16H2;3*1H. The van der Waals surface area contributed by atoms with Crippen LogP contribution in [0.3, 0.4) is 0 Å². The lowest BCUT2D eigenvalue weighted by atomic mass is 10.2. The highest BCUT2D eigenvalue weighted by Crippen LogP contribution is 2.32. The Morgan fingerprint density at radius 2 is 1.66 bits per heavy atom. The van der Waals surface area contributed by atoms with Crippen molar-refractivity contribution in [2.45, 2.75) is 12.8 Å². The molecule has 4 nitrogen and oxygen atoms in total. The van der Waals surface area contributed by atoms with Crippen LogP contribution in [0.5, 0.6) is 5.75 Å². The third kappa shape index (κ3) is 7.44. The van der Waals surface area contributed by atoms with Crippen LogP contribution in [0, 0.1) is 0 Å². The largest absolute Gasteiger partial charge is 0.494 e. The zero-order valence-electron chi connectivity index (χ0n) is 17.6. The van der Waals surface area contributed by atoms with Gasteiger partial charge in [0.15, 0.2) is 0 Å². The molecule has 1 aliphatic rings. The highest BCUT2D eigenvalue weighted by molar-refractivity contribution is 6.43. The molecule has 1 aliphatic heterocycles. The van der Waals surface area contributed by atoms with Gasteiger partial charge in [0.1, 0.15) is 5.75 Å². The van der Waals surface area contributed by atoms with E-state index in [0.29, 0.717) is 10.0 Å². The Hall–Kier alpha value is -1.14. The molecule has 0 spiro atoms. The van der Waals surface area contributed by atoms with E-state index in [1.54, 1.807) is 0 Å². The van der Waals surface area contributed by atoms with Gasteiger partial charge in [-0.25, -0.2) is 0 Å². The van der Waals surface area contributed by atoms with Gasteiger partial charge in [0, 0.05) is 43.8 Å². The minimum absolute atomic E-state index is 0. The molecule has 3 aromatic rings. The lowest BCUT2D eigenvalue weighted by molar-refractivity contribution is 0.238. The van der Waals surface area contributed by atoms with E-state index < -0.39 is 0 Å². The van der Waals surface area contributed by atoms with E-state index in [-0.39, 0.29) is 37.2 Å². The predicted octanol–water partition coefficient (Wildman–Crippen LogP) is 6.79. The summed E-state index contributed by atoms with van der Waals surface area (Å²) in [6.45, 7) is 5.86. The van der Waals surface area contributed by atoms with Crippen molar-refractivity contribution in [3.63, 3.8) is 0 Å². The molecule has 176 valence electrons. The third-order valence-corrected chi connectivity index (χ3v) is 6.17. The first-order valence-electron chi connectivity index (χ1n) is 10.1. The minimum atomic E-state index is 0. The van der Waals surface area contributed by atoms with Gasteiger partial charge in [-0.2, -0.15) is 0 Å². The molecule has 0 unspecified atom stereocenters. The molecule has 0 radical (unpaired) electrons. The van der Waals surface area contributed by atoms with Crippen LogP contribution in [-0.4, -0.2) is 49.2 Å². The van der Waals surface area contributed by atoms with Gasteiger partial charge in [-0.15, -0.1) is 37.2 Å². The van der Waals surface area contributed by atoms with Gasteiger partial charge < -0.3 is 9.64 Å². The summed E-state index contributed by atoms with van der Waals surface area (Å²) in [5.41, 5.74) is 2.01. The first-order chi connectivity index (χ1) is 14.2. The zero-order valence-corrected chi connectivity index (χ0v) is 21.5. The fourth-order valence-corrected chi connectivity index (χ4v) is 4.13. The van der Waals surface area contributed by atoms with Crippen LogP contribution in [0.4, 0.5) is 5.69 Å². The second-order valence-corrected chi connectivity index (χ2v) is 8.10. The van der Waals surface area contributed by atoms with E-state index >= 15 is 0 Å². The summed E-state index contributed by atoms with van der Waals surface area (Å²) in [7, 11) is 0. The maximum Gasteiger partial charge on any atom is 0.121 e. The number of hydrogen-bond acceptors (Lipinski definition) is 4. The molecule has 2 aromatic carbocycles. The lowest BCUT2D eigenvalue weighted by Crippen LogP contribution is -2.46. The van der Waals surface area contributed by atoms with Crippen LogP contribution in [0.2, 0.25) is 10.0 Å². The number of piperazine rings is 1. The average Bonchev–Trinajstić information content (AvgIpc) is 2.76. The molecular weight excluding hydrogens is 512 g/mol.